The summed E-state index contributed by atoms with van der Waals surface area (Å²) in [6.07, 6.45) is 0. The van der Waals surface area contributed by atoms with Gasteiger partial charge in [-0.05, 0) is 18.2 Å². The molecule has 0 bridgehead atoms. The molecule has 13 heavy (non-hydrogen) atoms. The fraction of sp³-hybridized carbons (Fsp3) is 0.125. The molecule has 5 heteroatoms. The van der Waals surface area contributed by atoms with E-state index in [1.807, 2.05) is 0 Å². The first kappa shape index (κ1) is 7.88. The van der Waals surface area contributed by atoms with Gasteiger partial charge in [-0.25, -0.2) is 4.79 Å². The Morgan fingerprint density at radius 1 is 1.38 bits per heavy atom. The third-order valence-corrected chi connectivity index (χ3v) is 1.69. The molecular formula is C8H6O5. The molecule has 0 amide bonds. The average molecular weight is 182 g/mol. The molecule has 2 rings (SSSR count). The first-order valence-corrected chi connectivity index (χ1v) is 3.56. The number of hydrogen-bond acceptors (Lipinski definition) is 5. The fourth-order valence-corrected chi connectivity index (χ4v) is 1.08. The highest BCUT2D eigenvalue weighted by atomic mass is 17.1. The number of hydrogen-bond donors (Lipinski definition) is 1. The van der Waals surface area contributed by atoms with E-state index in [1.54, 1.807) is 6.07 Å². The van der Waals surface area contributed by atoms with E-state index in [0.29, 0.717) is 11.5 Å². The molecule has 1 aromatic rings. The highest BCUT2D eigenvalue weighted by molar-refractivity contribution is 5.89. The molecule has 1 aliphatic rings. The maximum Gasteiger partial charge on any atom is 0.372 e. The Morgan fingerprint density at radius 3 is 2.92 bits per heavy atom. The molecule has 0 unspecified atom stereocenters. The normalized spacial score (nSPS) is 12.7. The van der Waals surface area contributed by atoms with Gasteiger partial charge in [-0.1, -0.05) is 0 Å². The van der Waals surface area contributed by atoms with E-state index in [1.165, 1.54) is 12.1 Å². The van der Waals surface area contributed by atoms with Gasteiger partial charge < -0.3 is 9.47 Å². The van der Waals surface area contributed by atoms with Gasteiger partial charge in [0, 0.05) is 0 Å². The lowest BCUT2D eigenvalue weighted by Gasteiger charge is -1.98. The van der Waals surface area contributed by atoms with Crippen molar-refractivity contribution in [2.24, 2.45) is 0 Å². The summed E-state index contributed by atoms with van der Waals surface area (Å²) in [5.41, 5.74) is 0.215. The second kappa shape index (κ2) is 2.95. The number of benzene rings is 1. The SMILES string of the molecule is O=C(OO)c1ccc2c(c1)OCO2. The molecule has 1 aliphatic heterocycles. The van der Waals surface area contributed by atoms with Crippen molar-refractivity contribution in [3.8, 4) is 11.5 Å². The van der Waals surface area contributed by atoms with Crippen LogP contribution >= 0.6 is 0 Å². The third-order valence-electron chi connectivity index (χ3n) is 1.69. The first-order chi connectivity index (χ1) is 6.31. The molecule has 0 aromatic heterocycles. The second-order valence-corrected chi connectivity index (χ2v) is 2.45. The van der Waals surface area contributed by atoms with Crippen LogP contribution in [0.3, 0.4) is 0 Å². The van der Waals surface area contributed by atoms with Crippen molar-refractivity contribution < 1.29 is 24.4 Å². The Hall–Kier alpha value is -1.75. The minimum atomic E-state index is -0.821. The van der Waals surface area contributed by atoms with Crippen molar-refractivity contribution in [3.05, 3.63) is 23.8 Å². The van der Waals surface area contributed by atoms with Crippen LogP contribution in [0.2, 0.25) is 0 Å². The fourth-order valence-electron chi connectivity index (χ4n) is 1.08. The summed E-state index contributed by atoms with van der Waals surface area (Å²) in [6, 6.07) is 4.50. The van der Waals surface area contributed by atoms with Crippen LogP contribution in [0, 0.1) is 0 Å². The zero-order chi connectivity index (χ0) is 9.26. The number of carbonyl (C=O) groups excluding carboxylic acids is 1. The van der Waals surface area contributed by atoms with Gasteiger partial charge in [0.05, 0.1) is 5.56 Å². The maximum absolute atomic E-state index is 10.8. The van der Waals surface area contributed by atoms with Crippen LogP contribution < -0.4 is 9.47 Å². The average Bonchev–Trinajstić information content (AvgIpc) is 2.63. The third kappa shape index (κ3) is 1.29. The van der Waals surface area contributed by atoms with E-state index in [0.717, 1.165) is 0 Å². The van der Waals surface area contributed by atoms with Gasteiger partial charge in [0.2, 0.25) is 6.79 Å². The first-order valence-electron chi connectivity index (χ1n) is 3.56. The summed E-state index contributed by atoms with van der Waals surface area (Å²) in [6.45, 7) is 0.146. The molecule has 5 nitrogen and oxygen atoms in total. The van der Waals surface area contributed by atoms with Gasteiger partial charge in [0.15, 0.2) is 11.5 Å². The number of carbonyl (C=O) groups is 1. The zero-order valence-electron chi connectivity index (χ0n) is 6.52. The van der Waals surface area contributed by atoms with Gasteiger partial charge >= 0.3 is 5.97 Å². The van der Waals surface area contributed by atoms with Gasteiger partial charge in [-0.3, -0.25) is 4.89 Å². The van der Waals surface area contributed by atoms with E-state index < -0.39 is 5.97 Å². The van der Waals surface area contributed by atoms with Crippen LogP contribution in [0.5, 0.6) is 11.5 Å². The molecule has 0 fully saturated rings. The van der Waals surface area contributed by atoms with Crippen LogP contribution in [0.4, 0.5) is 0 Å². The van der Waals surface area contributed by atoms with Crippen LogP contribution in [-0.4, -0.2) is 18.0 Å². The van der Waals surface area contributed by atoms with Crippen LogP contribution in [0.25, 0.3) is 0 Å². The molecule has 1 aromatic carbocycles. The highest BCUT2D eigenvalue weighted by Crippen LogP contribution is 2.32. The largest absolute Gasteiger partial charge is 0.454 e. The molecule has 0 aliphatic carbocycles. The Kier molecular flexibility index (Phi) is 1.79. The summed E-state index contributed by atoms with van der Waals surface area (Å²) in [4.78, 5) is 14.4. The van der Waals surface area contributed by atoms with Crippen LogP contribution in [0.15, 0.2) is 18.2 Å². The maximum atomic E-state index is 10.8. The Bertz CT molecular complexity index is 346. The molecule has 0 atom stereocenters. The Labute approximate surface area is 73.4 Å². The van der Waals surface area contributed by atoms with Crippen molar-refractivity contribution in [1.82, 2.24) is 0 Å². The number of fused-ring (bicyclic) bond motifs is 1. The predicted molar refractivity (Wildman–Crippen MR) is 40.6 cm³/mol. The predicted octanol–water partition coefficient (Wildman–Crippen LogP) is 1.05. The molecule has 0 radical (unpaired) electrons. The van der Waals surface area contributed by atoms with Crippen LogP contribution in [0.1, 0.15) is 10.4 Å². The minimum Gasteiger partial charge on any atom is -0.454 e. The van der Waals surface area contributed by atoms with E-state index in [9.17, 15) is 4.79 Å². The van der Waals surface area contributed by atoms with Crippen molar-refractivity contribution in [2.45, 2.75) is 0 Å². The monoisotopic (exact) mass is 182 g/mol. The highest BCUT2D eigenvalue weighted by Gasteiger charge is 2.16. The van der Waals surface area contributed by atoms with Gasteiger partial charge in [-0.2, -0.15) is 5.26 Å². The quantitative estimate of drug-likeness (QED) is 0.519. The number of ether oxygens (including phenoxy) is 2. The summed E-state index contributed by atoms with van der Waals surface area (Å²) in [5, 5.41) is 8.12. The molecule has 0 saturated carbocycles. The lowest BCUT2D eigenvalue weighted by Crippen LogP contribution is -2.00. The zero-order valence-corrected chi connectivity index (χ0v) is 6.52. The van der Waals surface area contributed by atoms with E-state index in [4.69, 9.17) is 14.7 Å². The molecule has 1 N–H and O–H groups in total. The summed E-state index contributed by atoms with van der Waals surface area (Å²) in [5.74, 6) is 0.232. The Morgan fingerprint density at radius 2 is 2.15 bits per heavy atom. The molecule has 0 saturated heterocycles. The lowest BCUT2D eigenvalue weighted by molar-refractivity contribution is -0.182. The van der Waals surface area contributed by atoms with Gasteiger partial charge in [0.25, 0.3) is 0 Å². The van der Waals surface area contributed by atoms with Gasteiger partial charge in [0.1, 0.15) is 0 Å². The molecule has 68 valence electrons. The molecule has 1 heterocycles. The summed E-state index contributed by atoms with van der Waals surface area (Å²) in [7, 11) is 0. The minimum absolute atomic E-state index is 0.146. The van der Waals surface area contributed by atoms with E-state index in [2.05, 4.69) is 4.89 Å². The van der Waals surface area contributed by atoms with Crippen molar-refractivity contribution in [1.29, 1.82) is 0 Å². The molecular weight excluding hydrogens is 176 g/mol. The smallest absolute Gasteiger partial charge is 0.372 e. The number of rotatable bonds is 1. The van der Waals surface area contributed by atoms with Crippen molar-refractivity contribution in [3.63, 3.8) is 0 Å². The standard InChI is InChI=1S/C8H6O5/c9-8(13-10)5-1-2-6-7(3-5)12-4-11-6/h1-3,10H,4H2. The van der Waals surface area contributed by atoms with Crippen molar-refractivity contribution >= 4 is 5.97 Å². The Balaban J connectivity index is 2.36. The summed E-state index contributed by atoms with van der Waals surface area (Å²) >= 11 is 0. The topological polar surface area (TPSA) is 65.0 Å². The lowest BCUT2D eigenvalue weighted by atomic mass is 10.2. The van der Waals surface area contributed by atoms with E-state index >= 15 is 0 Å². The van der Waals surface area contributed by atoms with Crippen molar-refractivity contribution in [2.75, 3.05) is 6.79 Å². The second-order valence-electron chi connectivity index (χ2n) is 2.45. The van der Waals surface area contributed by atoms with Crippen LogP contribution in [-0.2, 0) is 4.89 Å². The van der Waals surface area contributed by atoms with Gasteiger partial charge in [-0.15, -0.1) is 0 Å². The van der Waals surface area contributed by atoms with E-state index in [-0.39, 0.29) is 12.4 Å². The summed E-state index contributed by atoms with van der Waals surface area (Å²) < 4.78 is 10.1. The molecule has 0 spiro atoms.